The van der Waals surface area contributed by atoms with Crippen molar-refractivity contribution in [3.05, 3.63) is 97.4 Å². The Morgan fingerprint density at radius 1 is 0.909 bits per heavy atom. The Balaban J connectivity index is 1.55. The maximum absolute atomic E-state index is 13.0. The number of anilines is 1. The fourth-order valence-corrected chi connectivity index (χ4v) is 3.89. The molecular weight excluding hydrogens is 576 g/mol. The van der Waals surface area contributed by atoms with E-state index in [2.05, 4.69) is 37.2 Å². The molecular formula is C24H15Br2ClN2O4. The number of nitrogens with one attached hydrogen (secondary N) is 1. The topological polar surface area (TPSA) is 75.7 Å². The smallest absolute Gasteiger partial charge is 0.335 e. The summed E-state index contributed by atoms with van der Waals surface area (Å²) in [6.07, 6.45) is 1.39. The van der Waals surface area contributed by atoms with Crippen molar-refractivity contribution in [2.75, 3.05) is 4.90 Å². The van der Waals surface area contributed by atoms with E-state index in [1.807, 2.05) is 24.3 Å². The van der Waals surface area contributed by atoms with E-state index in [1.165, 1.54) is 6.08 Å². The molecule has 1 fully saturated rings. The molecule has 3 aromatic carbocycles. The highest BCUT2D eigenvalue weighted by Gasteiger charge is 2.36. The number of carbonyl (C=O) groups excluding carboxylic acids is 3. The second kappa shape index (κ2) is 9.91. The normalized spacial score (nSPS) is 15.1. The van der Waals surface area contributed by atoms with Crippen LogP contribution in [0.25, 0.3) is 6.08 Å². The van der Waals surface area contributed by atoms with Crippen LogP contribution in [-0.4, -0.2) is 17.8 Å². The largest absolute Gasteiger partial charge is 0.487 e. The van der Waals surface area contributed by atoms with E-state index in [1.54, 1.807) is 42.5 Å². The van der Waals surface area contributed by atoms with Crippen molar-refractivity contribution in [1.82, 2.24) is 5.32 Å². The van der Waals surface area contributed by atoms with Gasteiger partial charge in [-0.05, 0) is 65.7 Å². The van der Waals surface area contributed by atoms with Gasteiger partial charge in [-0.25, -0.2) is 9.69 Å². The first-order chi connectivity index (χ1) is 15.8. The van der Waals surface area contributed by atoms with E-state index in [9.17, 15) is 14.4 Å². The number of hydrogen-bond acceptors (Lipinski definition) is 4. The third-order valence-corrected chi connectivity index (χ3v) is 6.11. The van der Waals surface area contributed by atoms with Crippen molar-refractivity contribution in [2.24, 2.45) is 0 Å². The molecule has 1 heterocycles. The number of ether oxygens (including phenoxy) is 1. The van der Waals surface area contributed by atoms with Crippen molar-refractivity contribution in [1.29, 1.82) is 0 Å². The average molecular weight is 591 g/mol. The molecule has 0 unspecified atom stereocenters. The summed E-state index contributed by atoms with van der Waals surface area (Å²) in [7, 11) is 0. The minimum absolute atomic E-state index is 0.183. The molecule has 0 atom stereocenters. The number of benzene rings is 3. The van der Waals surface area contributed by atoms with Crippen LogP contribution in [0.5, 0.6) is 5.75 Å². The lowest BCUT2D eigenvalue weighted by Crippen LogP contribution is -2.54. The Labute approximate surface area is 211 Å². The maximum atomic E-state index is 13.0. The Bertz CT molecular complexity index is 1270. The van der Waals surface area contributed by atoms with E-state index in [-0.39, 0.29) is 5.57 Å². The zero-order valence-electron chi connectivity index (χ0n) is 16.8. The van der Waals surface area contributed by atoms with Crippen molar-refractivity contribution < 1.29 is 19.1 Å². The van der Waals surface area contributed by atoms with Gasteiger partial charge in [0.1, 0.15) is 17.9 Å². The van der Waals surface area contributed by atoms with E-state index in [0.29, 0.717) is 28.6 Å². The van der Waals surface area contributed by atoms with Crippen LogP contribution in [0.2, 0.25) is 5.02 Å². The summed E-state index contributed by atoms with van der Waals surface area (Å²) in [5.74, 6) is -1.03. The molecule has 9 heteroatoms. The van der Waals surface area contributed by atoms with Crippen LogP contribution >= 0.6 is 43.5 Å². The number of halogens is 3. The highest BCUT2D eigenvalue weighted by atomic mass is 79.9. The first-order valence-corrected chi connectivity index (χ1v) is 11.6. The summed E-state index contributed by atoms with van der Waals surface area (Å²) in [5.41, 5.74) is 1.65. The molecule has 0 saturated carbocycles. The number of barbiturate groups is 1. The molecule has 166 valence electrons. The molecule has 0 radical (unpaired) electrons. The van der Waals surface area contributed by atoms with Crippen LogP contribution in [0.1, 0.15) is 11.1 Å². The summed E-state index contributed by atoms with van der Waals surface area (Å²) in [5, 5.41) is 2.52. The highest BCUT2D eigenvalue weighted by molar-refractivity contribution is 9.10. The summed E-state index contributed by atoms with van der Waals surface area (Å²) in [6.45, 7) is 0.332. The number of imide groups is 2. The van der Waals surface area contributed by atoms with Crippen LogP contribution in [0.4, 0.5) is 10.5 Å². The Kier molecular flexibility index (Phi) is 6.97. The average Bonchev–Trinajstić information content (AvgIpc) is 2.78. The van der Waals surface area contributed by atoms with Gasteiger partial charge in [0.15, 0.2) is 0 Å². The minimum atomic E-state index is -0.806. The standard InChI is InChI=1S/C24H15Br2ClN2O4/c25-16-4-1-14(2-5-16)13-33-21-10-3-15(12-20(21)27)11-19-22(30)28-24(32)29(23(19)31)18-8-6-17(26)7-9-18/h1-12H,13H2,(H,28,30,32)/b19-11+. The predicted octanol–water partition coefficient (Wildman–Crippen LogP) is 6.11. The monoisotopic (exact) mass is 588 g/mol. The molecule has 33 heavy (non-hydrogen) atoms. The molecule has 3 aromatic rings. The summed E-state index contributed by atoms with van der Waals surface area (Å²) in [6, 6.07) is 18.4. The second-order valence-corrected chi connectivity index (χ2v) is 9.28. The van der Waals surface area contributed by atoms with Crippen molar-refractivity contribution in [3.63, 3.8) is 0 Å². The second-order valence-electron chi connectivity index (χ2n) is 7.04. The third kappa shape index (κ3) is 5.35. The Hall–Kier alpha value is -2.94. The lowest BCUT2D eigenvalue weighted by atomic mass is 10.1. The van der Waals surface area contributed by atoms with Gasteiger partial charge in [0, 0.05) is 8.95 Å². The van der Waals surface area contributed by atoms with E-state index >= 15 is 0 Å². The molecule has 4 rings (SSSR count). The van der Waals surface area contributed by atoms with Crippen LogP contribution in [0, 0.1) is 0 Å². The molecule has 1 N–H and O–H groups in total. The molecule has 0 aliphatic carbocycles. The quantitative estimate of drug-likeness (QED) is 0.288. The molecule has 0 spiro atoms. The van der Waals surface area contributed by atoms with Gasteiger partial charge in [0.05, 0.1) is 10.7 Å². The number of hydrogen-bond donors (Lipinski definition) is 1. The summed E-state index contributed by atoms with van der Waals surface area (Å²) >= 11 is 13.1. The molecule has 0 bridgehead atoms. The van der Waals surface area contributed by atoms with E-state index in [4.69, 9.17) is 16.3 Å². The molecule has 6 nitrogen and oxygen atoms in total. The van der Waals surface area contributed by atoms with E-state index < -0.39 is 17.8 Å². The Morgan fingerprint density at radius 2 is 1.55 bits per heavy atom. The first-order valence-electron chi connectivity index (χ1n) is 9.65. The molecule has 4 amide bonds. The van der Waals surface area contributed by atoms with Gasteiger partial charge in [0.2, 0.25) is 0 Å². The van der Waals surface area contributed by atoms with Crippen LogP contribution < -0.4 is 15.0 Å². The third-order valence-electron chi connectivity index (χ3n) is 4.76. The number of amides is 4. The van der Waals surface area contributed by atoms with Crippen molar-refractivity contribution in [3.8, 4) is 5.75 Å². The zero-order chi connectivity index (χ0) is 23.5. The summed E-state index contributed by atoms with van der Waals surface area (Å²) in [4.78, 5) is 38.6. The lowest BCUT2D eigenvalue weighted by molar-refractivity contribution is -0.122. The van der Waals surface area contributed by atoms with Gasteiger partial charge in [-0.15, -0.1) is 0 Å². The van der Waals surface area contributed by atoms with Crippen molar-refractivity contribution >= 4 is 73.1 Å². The zero-order valence-corrected chi connectivity index (χ0v) is 20.8. The molecule has 1 aliphatic rings. The highest BCUT2D eigenvalue weighted by Crippen LogP contribution is 2.29. The van der Waals surface area contributed by atoms with Gasteiger partial charge in [0.25, 0.3) is 11.8 Å². The predicted molar refractivity (Wildman–Crippen MR) is 133 cm³/mol. The number of rotatable bonds is 5. The minimum Gasteiger partial charge on any atom is -0.487 e. The molecule has 0 aromatic heterocycles. The first kappa shape index (κ1) is 23.2. The van der Waals surface area contributed by atoms with Gasteiger partial charge < -0.3 is 4.74 Å². The number of carbonyl (C=O) groups is 3. The molecule has 1 saturated heterocycles. The van der Waals surface area contributed by atoms with Gasteiger partial charge >= 0.3 is 6.03 Å². The summed E-state index contributed by atoms with van der Waals surface area (Å²) < 4.78 is 7.54. The van der Waals surface area contributed by atoms with Crippen LogP contribution in [0.3, 0.4) is 0 Å². The Morgan fingerprint density at radius 3 is 2.18 bits per heavy atom. The molecule has 1 aliphatic heterocycles. The van der Waals surface area contributed by atoms with Gasteiger partial charge in [-0.1, -0.05) is 61.7 Å². The number of nitrogens with zero attached hydrogens (tertiary/aromatic N) is 1. The maximum Gasteiger partial charge on any atom is 0.335 e. The SMILES string of the molecule is O=C1NC(=O)N(c2ccc(Br)cc2)C(=O)/C1=C/c1ccc(OCc2ccc(Br)cc2)c(Cl)c1. The number of urea groups is 1. The fraction of sp³-hybridized carbons (Fsp3) is 0.0417. The lowest BCUT2D eigenvalue weighted by Gasteiger charge is -2.26. The van der Waals surface area contributed by atoms with Crippen LogP contribution in [0.15, 0.2) is 81.2 Å². The van der Waals surface area contributed by atoms with E-state index in [0.717, 1.165) is 19.4 Å². The van der Waals surface area contributed by atoms with Gasteiger partial charge in [-0.2, -0.15) is 0 Å². The van der Waals surface area contributed by atoms with Gasteiger partial charge in [-0.3, -0.25) is 14.9 Å². The fourth-order valence-electron chi connectivity index (χ4n) is 3.11. The van der Waals surface area contributed by atoms with Crippen LogP contribution in [-0.2, 0) is 16.2 Å². The van der Waals surface area contributed by atoms with Crippen molar-refractivity contribution in [2.45, 2.75) is 6.61 Å².